The maximum absolute atomic E-state index is 13.2. The topological polar surface area (TPSA) is 25.2 Å². The SMILES string of the molecule is C#CCCC(NC)c1oc2ccc(F)cc2c1C. The van der Waals surface area contributed by atoms with Crippen LogP contribution in [0.25, 0.3) is 11.0 Å². The molecule has 1 atom stereocenters. The molecule has 2 aromatic rings. The summed E-state index contributed by atoms with van der Waals surface area (Å²) in [5.41, 5.74) is 1.69. The van der Waals surface area contributed by atoms with E-state index in [0.717, 1.165) is 23.1 Å². The van der Waals surface area contributed by atoms with E-state index in [1.807, 2.05) is 14.0 Å². The summed E-state index contributed by atoms with van der Waals surface area (Å²) in [6.07, 6.45) is 6.76. The minimum Gasteiger partial charge on any atom is -0.459 e. The number of fused-ring (bicyclic) bond motifs is 1. The molecule has 0 saturated heterocycles. The predicted molar refractivity (Wildman–Crippen MR) is 70.8 cm³/mol. The fourth-order valence-corrected chi connectivity index (χ4v) is 2.18. The third kappa shape index (κ3) is 2.25. The number of halogens is 1. The highest BCUT2D eigenvalue weighted by Crippen LogP contribution is 2.31. The van der Waals surface area contributed by atoms with Gasteiger partial charge < -0.3 is 9.73 Å². The molecule has 2 rings (SSSR count). The lowest BCUT2D eigenvalue weighted by Crippen LogP contribution is -2.16. The van der Waals surface area contributed by atoms with Gasteiger partial charge in [-0.3, -0.25) is 0 Å². The van der Waals surface area contributed by atoms with E-state index in [9.17, 15) is 4.39 Å². The number of rotatable bonds is 4. The van der Waals surface area contributed by atoms with Crippen molar-refractivity contribution in [2.24, 2.45) is 0 Å². The average molecular weight is 245 g/mol. The Hall–Kier alpha value is -1.79. The lowest BCUT2D eigenvalue weighted by molar-refractivity contribution is 0.433. The van der Waals surface area contributed by atoms with Gasteiger partial charge in [0.25, 0.3) is 0 Å². The van der Waals surface area contributed by atoms with Gasteiger partial charge in [-0.25, -0.2) is 4.39 Å². The maximum atomic E-state index is 13.2. The predicted octanol–water partition coefficient (Wildman–Crippen LogP) is 3.55. The average Bonchev–Trinajstić information content (AvgIpc) is 2.68. The van der Waals surface area contributed by atoms with Crippen molar-refractivity contribution in [1.82, 2.24) is 5.32 Å². The van der Waals surface area contributed by atoms with Crippen LogP contribution in [0.5, 0.6) is 0 Å². The Morgan fingerprint density at radius 1 is 1.50 bits per heavy atom. The standard InChI is InChI=1S/C15H16FNO/c1-4-5-6-13(17-3)15-10(2)12-9-11(16)7-8-14(12)18-15/h1,7-9,13,17H,5-6H2,2-3H3. The third-order valence-electron chi connectivity index (χ3n) is 3.18. The van der Waals surface area contributed by atoms with Crippen molar-refractivity contribution < 1.29 is 8.81 Å². The highest BCUT2D eigenvalue weighted by Gasteiger charge is 2.18. The van der Waals surface area contributed by atoms with Gasteiger partial charge in [-0.15, -0.1) is 12.3 Å². The minimum absolute atomic E-state index is 0.0662. The summed E-state index contributed by atoms with van der Waals surface area (Å²) in [6, 6.07) is 4.64. The quantitative estimate of drug-likeness (QED) is 0.833. The molecule has 1 heterocycles. The molecule has 0 fully saturated rings. The highest BCUT2D eigenvalue weighted by molar-refractivity contribution is 5.82. The number of aryl methyl sites for hydroxylation is 1. The van der Waals surface area contributed by atoms with Crippen LogP contribution in [-0.2, 0) is 0 Å². The largest absolute Gasteiger partial charge is 0.459 e. The van der Waals surface area contributed by atoms with E-state index >= 15 is 0 Å². The molecule has 0 aliphatic heterocycles. The lowest BCUT2D eigenvalue weighted by atomic mass is 10.0. The first-order valence-corrected chi connectivity index (χ1v) is 5.96. The van der Waals surface area contributed by atoms with E-state index < -0.39 is 0 Å². The van der Waals surface area contributed by atoms with Gasteiger partial charge in [0.2, 0.25) is 0 Å². The van der Waals surface area contributed by atoms with Crippen LogP contribution in [0.4, 0.5) is 4.39 Å². The van der Waals surface area contributed by atoms with Crippen LogP contribution in [0.15, 0.2) is 22.6 Å². The normalized spacial score (nSPS) is 12.6. The number of nitrogens with one attached hydrogen (secondary N) is 1. The molecule has 1 aromatic carbocycles. The molecule has 2 nitrogen and oxygen atoms in total. The van der Waals surface area contributed by atoms with E-state index in [4.69, 9.17) is 10.8 Å². The molecule has 18 heavy (non-hydrogen) atoms. The van der Waals surface area contributed by atoms with E-state index in [-0.39, 0.29) is 11.9 Å². The summed E-state index contributed by atoms with van der Waals surface area (Å²) in [5, 5.41) is 4.01. The molecule has 1 unspecified atom stereocenters. The van der Waals surface area contributed by atoms with Gasteiger partial charge in [-0.2, -0.15) is 0 Å². The zero-order valence-electron chi connectivity index (χ0n) is 10.6. The number of furan rings is 1. The van der Waals surface area contributed by atoms with Crippen LogP contribution in [-0.4, -0.2) is 7.05 Å². The van der Waals surface area contributed by atoms with Crippen molar-refractivity contribution in [3.63, 3.8) is 0 Å². The highest BCUT2D eigenvalue weighted by atomic mass is 19.1. The lowest BCUT2D eigenvalue weighted by Gasteiger charge is -2.12. The van der Waals surface area contributed by atoms with E-state index in [2.05, 4.69) is 11.2 Å². The van der Waals surface area contributed by atoms with Gasteiger partial charge in [0.1, 0.15) is 17.2 Å². The van der Waals surface area contributed by atoms with E-state index in [1.165, 1.54) is 12.1 Å². The van der Waals surface area contributed by atoms with Crippen molar-refractivity contribution in [3.8, 4) is 12.3 Å². The van der Waals surface area contributed by atoms with Gasteiger partial charge in [0, 0.05) is 17.4 Å². The van der Waals surface area contributed by atoms with Crippen molar-refractivity contribution in [2.75, 3.05) is 7.05 Å². The Kier molecular flexibility index (Phi) is 3.69. The molecule has 0 amide bonds. The Balaban J connectivity index is 2.44. The van der Waals surface area contributed by atoms with Crippen molar-refractivity contribution in [2.45, 2.75) is 25.8 Å². The number of hydrogen-bond acceptors (Lipinski definition) is 2. The van der Waals surface area contributed by atoms with Gasteiger partial charge in [-0.1, -0.05) is 0 Å². The third-order valence-corrected chi connectivity index (χ3v) is 3.18. The van der Waals surface area contributed by atoms with Crippen LogP contribution < -0.4 is 5.32 Å². The fourth-order valence-electron chi connectivity index (χ4n) is 2.18. The molecule has 1 aromatic heterocycles. The van der Waals surface area contributed by atoms with Gasteiger partial charge in [0.05, 0.1) is 6.04 Å². The molecule has 0 radical (unpaired) electrons. The van der Waals surface area contributed by atoms with E-state index in [0.29, 0.717) is 12.0 Å². The Morgan fingerprint density at radius 3 is 2.94 bits per heavy atom. The van der Waals surface area contributed by atoms with Gasteiger partial charge >= 0.3 is 0 Å². The summed E-state index contributed by atoms with van der Waals surface area (Å²) in [4.78, 5) is 0. The zero-order chi connectivity index (χ0) is 13.1. The van der Waals surface area contributed by atoms with Crippen LogP contribution in [0.1, 0.15) is 30.2 Å². The van der Waals surface area contributed by atoms with Crippen molar-refractivity contribution in [3.05, 3.63) is 35.3 Å². The minimum atomic E-state index is -0.248. The molecular weight excluding hydrogens is 229 g/mol. The molecular formula is C15H16FNO. The summed E-state index contributed by atoms with van der Waals surface area (Å²) in [5.74, 6) is 3.22. The molecule has 1 N–H and O–H groups in total. The molecule has 0 saturated carbocycles. The first kappa shape index (κ1) is 12.7. The van der Waals surface area contributed by atoms with Crippen LogP contribution >= 0.6 is 0 Å². The first-order valence-electron chi connectivity index (χ1n) is 5.96. The van der Waals surface area contributed by atoms with Crippen molar-refractivity contribution in [1.29, 1.82) is 0 Å². The van der Waals surface area contributed by atoms with Crippen LogP contribution in [0, 0.1) is 25.1 Å². The number of hydrogen-bond donors (Lipinski definition) is 1. The summed E-state index contributed by atoms with van der Waals surface area (Å²) in [7, 11) is 1.87. The molecule has 0 bridgehead atoms. The van der Waals surface area contributed by atoms with Gasteiger partial charge in [0.15, 0.2) is 0 Å². The molecule has 3 heteroatoms. The van der Waals surface area contributed by atoms with Crippen molar-refractivity contribution >= 4 is 11.0 Å². The molecule has 0 aliphatic carbocycles. The molecule has 0 aliphatic rings. The second-order valence-corrected chi connectivity index (χ2v) is 4.32. The summed E-state index contributed by atoms with van der Waals surface area (Å²) in [6.45, 7) is 1.95. The Labute approximate surface area is 106 Å². The number of benzene rings is 1. The van der Waals surface area contributed by atoms with Crippen LogP contribution in [0.3, 0.4) is 0 Å². The second-order valence-electron chi connectivity index (χ2n) is 4.32. The van der Waals surface area contributed by atoms with E-state index in [1.54, 1.807) is 6.07 Å². The van der Waals surface area contributed by atoms with Gasteiger partial charge in [-0.05, 0) is 38.6 Å². The number of terminal acetylenes is 1. The summed E-state index contributed by atoms with van der Waals surface area (Å²) < 4.78 is 19.0. The Morgan fingerprint density at radius 2 is 2.28 bits per heavy atom. The maximum Gasteiger partial charge on any atom is 0.134 e. The molecule has 94 valence electrons. The van der Waals surface area contributed by atoms with Crippen LogP contribution in [0.2, 0.25) is 0 Å². The monoisotopic (exact) mass is 245 g/mol. The summed E-state index contributed by atoms with van der Waals surface area (Å²) >= 11 is 0. The second kappa shape index (κ2) is 5.24. The Bertz CT molecular complexity index is 594. The zero-order valence-corrected chi connectivity index (χ0v) is 10.6. The fraction of sp³-hybridized carbons (Fsp3) is 0.333. The molecule has 0 spiro atoms. The smallest absolute Gasteiger partial charge is 0.134 e. The first-order chi connectivity index (χ1) is 8.67.